The first kappa shape index (κ1) is 25.5. The SMILES string of the molecule is CCC(C(=O)O)N(CC)c1ccc(CNC(=O)CCCC/C=C/C(C)C)cc1OC. The van der Waals surface area contributed by atoms with Crippen molar-refractivity contribution in [3.05, 3.63) is 35.9 Å². The average molecular weight is 419 g/mol. The van der Waals surface area contributed by atoms with Gasteiger partial charge < -0.3 is 20.1 Å². The summed E-state index contributed by atoms with van der Waals surface area (Å²) in [5, 5.41) is 12.5. The molecule has 0 bridgehead atoms. The van der Waals surface area contributed by atoms with E-state index in [-0.39, 0.29) is 5.91 Å². The molecular formula is C24H38N2O4. The number of hydrogen-bond donors (Lipinski definition) is 2. The smallest absolute Gasteiger partial charge is 0.326 e. The van der Waals surface area contributed by atoms with Gasteiger partial charge in [0.2, 0.25) is 5.91 Å². The fourth-order valence-corrected chi connectivity index (χ4v) is 3.36. The van der Waals surface area contributed by atoms with E-state index in [4.69, 9.17) is 4.74 Å². The van der Waals surface area contributed by atoms with E-state index >= 15 is 0 Å². The Morgan fingerprint density at radius 3 is 2.53 bits per heavy atom. The van der Waals surface area contributed by atoms with Crippen molar-refractivity contribution in [3.63, 3.8) is 0 Å². The molecule has 0 aliphatic rings. The molecule has 1 amide bonds. The molecule has 0 spiro atoms. The Kier molecular flexibility index (Phi) is 11.6. The van der Waals surface area contributed by atoms with E-state index in [1.165, 1.54) is 0 Å². The van der Waals surface area contributed by atoms with Crippen LogP contribution in [-0.4, -0.2) is 36.7 Å². The van der Waals surface area contributed by atoms with Crippen molar-refractivity contribution >= 4 is 17.6 Å². The van der Waals surface area contributed by atoms with Gasteiger partial charge in [0, 0.05) is 19.5 Å². The number of carbonyl (C=O) groups is 2. The lowest BCUT2D eigenvalue weighted by atomic mass is 10.1. The molecule has 0 heterocycles. The van der Waals surface area contributed by atoms with Gasteiger partial charge in [-0.25, -0.2) is 4.79 Å². The highest BCUT2D eigenvalue weighted by Crippen LogP contribution is 2.31. The number of hydrogen-bond acceptors (Lipinski definition) is 4. The molecule has 1 aromatic rings. The van der Waals surface area contributed by atoms with Gasteiger partial charge in [0.05, 0.1) is 12.8 Å². The normalized spacial score (nSPS) is 12.2. The molecule has 2 N–H and O–H groups in total. The Hall–Kier alpha value is -2.50. The molecule has 1 unspecified atom stereocenters. The Balaban J connectivity index is 2.64. The monoisotopic (exact) mass is 418 g/mol. The van der Waals surface area contributed by atoms with E-state index < -0.39 is 12.0 Å². The van der Waals surface area contributed by atoms with Gasteiger partial charge in [-0.3, -0.25) is 4.79 Å². The number of nitrogens with zero attached hydrogens (tertiary/aromatic N) is 1. The Morgan fingerprint density at radius 2 is 1.97 bits per heavy atom. The molecule has 0 fully saturated rings. The number of carboxylic acid groups (broad SMARTS) is 1. The fraction of sp³-hybridized carbons (Fsp3) is 0.583. The number of benzene rings is 1. The van der Waals surface area contributed by atoms with Gasteiger partial charge in [-0.15, -0.1) is 0 Å². The lowest BCUT2D eigenvalue weighted by molar-refractivity contribution is -0.138. The van der Waals surface area contributed by atoms with Crippen LogP contribution in [0.5, 0.6) is 5.75 Å². The number of carboxylic acids is 1. The summed E-state index contributed by atoms with van der Waals surface area (Å²) in [5.74, 6) is 0.369. The largest absolute Gasteiger partial charge is 0.495 e. The first-order valence-corrected chi connectivity index (χ1v) is 10.9. The van der Waals surface area contributed by atoms with Crippen molar-refractivity contribution in [2.24, 2.45) is 5.92 Å². The Labute approximate surface area is 181 Å². The van der Waals surface area contributed by atoms with Gasteiger partial charge in [0.15, 0.2) is 0 Å². The van der Waals surface area contributed by atoms with Crippen LogP contribution >= 0.6 is 0 Å². The second-order valence-electron chi connectivity index (χ2n) is 7.75. The summed E-state index contributed by atoms with van der Waals surface area (Å²) < 4.78 is 5.52. The number of nitrogens with one attached hydrogen (secondary N) is 1. The third-order valence-corrected chi connectivity index (χ3v) is 4.98. The van der Waals surface area contributed by atoms with Crippen molar-refractivity contribution in [3.8, 4) is 5.75 Å². The van der Waals surface area contributed by atoms with Crippen LogP contribution in [0, 0.1) is 5.92 Å². The zero-order chi connectivity index (χ0) is 22.5. The van der Waals surface area contributed by atoms with Crippen LogP contribution in [0.1, 0.15) is 65.4 Å². The molecule has 0 aliphatic carbocycles. The lowest BCUT2D eigenvalue weighted by Crippen LogP contribution is -2.41. The van der Waals surface area contributed by atoms with Gasteiger partial charge in [-0.1, -0.05) is 39.0 Å². The van der Waals surface area contributed by atoms with Gasteiger partial charge in [0.25, 0.3) is 0 Å². The van der Waals surface area contributed by atoms with Gasteiger partial charge in [-0.05, 0) is 56.2 Å². The maximum atomic E-state index is 12.1. The van der Waals surface area contributed by atoms with Crippen molar-refractivity contribution in [2.75, 3.05) is 18.6 Å². The van der Waals surface area contributed by atoms with Crippen molar-refractivity contribution in [2.45, 2.75) is 72.4 Å². The predicted molar refractivity (Wildman–Crippen MR) is 122 cm³/mol. The maximum Gasteiger partial charge on any atom is 0.326 e. The molecule has 0 aromatic heterocycles. The Morgan fingerprint density at radius 1 is 1.23 bits per heavy atom. The molecule has 1 rings (SSSR count). The minimum absolute atomic E-state index is 0.0398. The van der Waals surface area contributed by atoms with E-state index in [9.17, 15) is 14.7 Å². The molecule has 1 aromatic carbocycles. The molecule has 0 saturated heterocycles. The summed E-state index contributed by atoms with van der Waals surface area (Å²) in [7, 11) is 1.57. The molecule has 0 aliphatic heterocycles. The van der Waals surface area contributed by atoms with Crippen LogP contribution < -0.4 is 15.0 Å². The van der Waals surface area contributed by atoms with E-state index in [2.05, 4.69) is 31.3 Å². The second kappa shape index (κ2) is 13.7. The number of allylic oxidation sites excluding steroid dienone is 2. The van der Waals surface area contributed by atoms with Gasteiger partial charge >= 0.3 is 5.97 Å². The predicted octanol–water partition coefficient (Wildman–Crippen LogP) is 4.77. The summed E-state index contributed by atoms with van der Waals surface area (Å²) in [6, 6.07) is 5.04. The number of likely N-dealkylation sites (N-methyl/N-ethyl adjacent to an activating group) is 1. The quantitative estimate of drug-likeness (QED) is 0.336. The number of methoxy groups -OCH3 is 1. The van der Waals surface area contributed by atoms with Crippen LogP contribution in [0.4, 0.5) is 5.69 Å². The third kappa shape index (κ3) is 8.47. The topological polar surface area (TPSA) is 78.9 Å². The molecule has 6 heteroatoms. The third-order valence-electron chi connectivity index (χ3n) is 4.98. The molecule has 0 radical (unpaired) electrons. The zero-order valence-electron chi connectivity index (χ0n) is 19.1. The molecule has 168 valence electrons. The molecule has 0 saturated carbocycles. The standard InChI is InChI=1S/C24H38N2O4/c1-6-20(24(28)29)26(7-2)21-15-14-19(16-22(21)30-5)17-25-23(27)13-11-9-8-10-12-18(3)4/h10,12,14-16,18,20H,6-9,11,13,17H2,1-5H3,(H,25,27)(H,28,29)/b12-10+. The van der Waals surface area contributed by atoms with Gasteiger partial charge in [0.1, 0.15) is 11.8 Å². The summed E-state index contributed by atoms with van der Waals surface area (Å²) in [5.41, 5.74) is 1.67. The number of unbranched alkanes of at least 4 members (excludes halogenated alkanes) is 2. The van der Waals surface area contributed by atoms with Gasteiger partial charge in [-0.2, -0.15) is 0 Å². The van der Waals surface area contributed by atoms with Crippen LogP contribution in [0.15, 0.2) is 30.4 Å². The van der Waals surface area contributed by atoms with E-state index in [1.54, 1.807) is 7.11 Å². The molecular weight excluding hydrogens is 380 g/mol. The zero-order valence-corrected chi connectivity index (χ0v) is 19.1. The number of anilines is 1. The Bertz CT molecular complexity index is 700. The van der Waals surface area contributed by atoms with E-state index in [1.807, 2.05) is 36.9 Å². The summed E-state index contributed by atoms with van der Waals surface area (Å²) in [6.07, 6.45) is 8.28. The number of carbonyl (C=O) groups excluding carboxylic acids is 1. The molecule has 30 heavy (non-hydrogen) atoms. The van der Waals surface area contributed by atoms with Crippen LogP contribution in [-0.2, 0) is 16.1 Å². The fourth-order valence-electron chi connectivity index (χ4n) is 3.36. The summed E-state index contributed by atoms with van der Waals surface area (Å²) in [6.45, 7) is 9.07. The molecule has 1 atom stereocenters. The minimum atomic E-state index is -0.850. The van der Waals surface area contributed by atoms with E-state index in [0.717, 1.165) is 30.5 Å². The summed E-state index contributed by atoms with van der Waals surface area (Å²) >= 11 is 0. The first-order chi connectivity index (χ1) is 14.3. The number of amides is 1. The number of rotatable bonds is 14. The highest BCUT2D eigenvalue weighted by Gasteiger charge is 2.25. The summed E-state index contributed by atoms with van der Waals surface area (Å²) in [4.78, 5) is 25.5. The highest BCUT2D eigenvalue weighted by atomic mass is 16.5. The van der Waals surface area contributed by atoms with Crippen molar-refractivity contribution < 1.29 is 19.4 Å². The highest BCUT2D eigenvalue weighted by molar-refractivity contribution is 5.79. The lowest BCUT2D eigenvalue weighted by Gasteiger charge is -2.30. The van der Waals surface area contributed by atoms with Crippen LogP contribution in [0.3, 0.4) is 0 Å². The van der Waals surface area contributed by atoms with Crippen molar-refractivity contribution in [1.29, 1.82) is 0 Å². The first-order valence-electron chi connectivity index (χ1n) is 10.9. The maximum absolute atomic E-state index is 12.1. The van der Waals surface area contributed by atoms with Crippen LogP contribution in [0.2, 0.25) is 0 Å². The molecule has 6 nitrogen and oxygen atoms in total. The minimum Gasteiger partial charge on any atom is -0.495 e. The number of ether oxygens (including phenoxy) is 1. The second-order valence-corrected chi connectivity index (χ2v) is 7.75. The van der Waals surface area contributed by atoms with Crippen LogP contribution in [0.25, 0.3) is 0 Å². The number of aliphatic carboxylic acids is 1. The van der Waals surface area contributed by atoms with E-state index in [0.29, 0.717) is 37.6 Å². The average Bonchev–Trinajstić information content (AvgIpc) is 2.72. The van der Waals surface area contributed by atoms with Crippen molar-refractivity contribution in [1.82, 2.24) is 5.32 Å².